The van der Waals surface area contributed by atoms with Crippen LogP contribution < -0.4 is 16.4 Å². The van der Waals surface area contributed by atoms with Crippen LogP contribution in [0.4, 0.5) is 16.2 Å². The molecule has 11 heteroatoms. The Hall–Kier alpha value is -2.98. The predicted molar refractivity (Wildman–Crippen MR) is 94.5 cm³/mol. The van der Waals surface area contributed by atoms with Gasteiger partial charge in [-0.25, -0.2) is 9.69 Å². The third-order valence-corrected chi connectivity index (χ3v) is 3.31. The van der Waals surface area contributed by atoms with Crippen molar-refractivity contribution >= 4 is 35.0 Å². The summed E-state index contributed by atoms with van der Waals surface area (Å²) in [5.74, 6) is -3.37. The number of carbonyl (C=O) groups is 4. The zero-order valence-corrected chi connectivity index (χ0v) is 17.3. The number of urea groups is 1. The van der Waals surface area contributed by atoms with Gasteiger partial charge in [0.25, 0.3) is 0 Å². The number of aromatic hydroxyl groups is 2. The number of imide groups is 2. The van der Waals surface area contributed by atoms with Crippen molar-refractivity contribution in [2.45, 2.75) is 0 Å². The Morgan fingerprint density at radius 2 is 1.39 bits per heavy atom. The molecule has 0 spiro atoms. The maximum Gasteiger partial charge on any atom is 0.332 e. The average molecular weight is 461 g/mol. The zero-order chi connectivity index (χ0) is 20.0. The first-order valence-corrected chi connectivity index (χ1v) is 7.56. The molecule has 1 saturated heterocycles. The molecule has 0 aliphatic carbocycles. The van der Waals surface area contributed by atoms with Crippen LogP contribution in [-0.2, 0) is 47.1 Å². The minimum atomic E-state index is -1.29. The molecule has 1 fully saturated rings. The van der Waals surface area contributed by atoms with Crippen molar-refractivity contribution in [2.24, 2.45) is 0 Å². The van der Waals surface area contributed by atoms with Crippen molar-refractivity contribution < 1.29 is 62.1 Å². The van der Waals surface area contributed by atoms with Gasteiger partial charge < -0.3 is 21.3 Å². The van der Waals surface area contributed by atoms with Crippen LogP contribution in [-0.4, -0.2) is 45.4 Å². The Balaban J connectivity index is 0.000000367. The Labute approximate surface area is 184 Å². The van der Waals surface area contributed by atoms with Gasteiger partial charge in [-0.15, -0.1) is 0 Å². The van der Waals surface area contributed by atoms with Crippen LogP contribution in [0.2, 0.25) is 0 Å². The Bertz CT molecular complexity index is 849. The number of nitrogens with one attached hydrogen (secondary N) is 2. The van der Waals surface area contributed by atoms with Crippen molar-refractivity contribution in [3.63, 3.8) is 0 Å². The summed E-state index contributed by atoms with van der Waals surface area (Å²) < 4.78 is 0. The Morgan fingerprint density at radius 1 is 0.893 bits per heavy atom. The van der Waals surface area contributed by atoms with E-state index in [1.807, 2.05) is 0 Å². The molecule has 0 atom stereocenters. The molecule has 143 valence electrons. The molecule has 4 amide bonds. The number of hydrogen-bond acceptors (Lipinski definition) is 8. The number of nitrogens with zero attached hydrogens (tertiary/aromatic N) is 1. The Kier molecular flexibility index (Phi) is 8.55. The second-order valence-electron chi connectivity index (χ2n) is 5.29. The molecule has 6 N–H and O–H groups in total. The molecule has 3 rings (SSSR count). The van der Waals surface area contributed by atoms with Crippen LogP contribution >= 0.6 is 0 Å². The summed E-state index contributed by atoms with van der Waals surface area (Å²) in [5.41, 5.74) is 6.52. The summed E-state index contributed by atoms with van der Waals surface area (Å²) >= 11 is 0. The van der Waals surface area contributed by atoms with E-state index in [1.54, 1.807) is 29.6 Å². The first-order valence-electron chi connectivity index (χ1n) is 7.56. The molecule has 1 aliphatic rings. The third-order valence-electron chi connectivity index (χ3n) is 3.31. The van der Waals surface area contributed by atoms with E-state index in [2.05, 4.69) is 5.32 Å². The fourth-order valence-electron chi connectivity index (χ4n) is 1.90. The number of anilines is 2. The van der Waals surface area contributed by atoms with Gasteiger partial charge in [0.05, 0.1) is 0 Å². The fraction of sp³-hybridized carbons (Fsp3) is 0.0588. The van der Waals surface area contributed by atoms with Crippen LogP contribution in [0.1, 0.15) is 0 Å². The number of Topliss-reactive ketones (excluding diaryl/α,β-unsaturated/α-hetero) is 1. The Morgan fingerprint density at radius 3 is 1.89 bits per heavy atom. The number of phenolic OH excluding ortho intramolecular Hbond substituents is 2. The molecule has 2 aromatic carbocycles. The van der Waals surface area contributed by atoms with E-state index in [0.717, 1.165) is 0 Å². The quantitative estimate of drug-likeness (QED) is 0.249. The fourth-order valence-corrected chi connectivity index (χ4v) is 1.90. The molecule has 0 aromatic heterocycles. The minimum absolute atomic E-state index is 0. The molecular formula is C17H16N4O6Y. The molecule has 1 heterocycles. The summed E-state index contributed by atoms with van der Waals surface area (Å²) in [6.07, 6.45) is 0. The molecule has 1 aliphatic heterocycles. The van der Waals surface area contributed by atoms with Crippen molar-refractivity contribution in [3.8, 4) is 11.5 Å². The van der Waals surface area contributed by atoms with Crippen LogP contribution in [0.15, 0.2) is 48.5 Å². The molecule has 0 unspecified atom stereocenters. The second kappa shape index (κ2) is 10.4. The van der Waals surface area contributed by atoms with Gasteiger partial charge in [0.1, 0.15) is 18.2 Å². The number of benzene rings is 2. The SMILES string of the molecule is Nc1ccc(O)cc1.O=C1NC(=O)N(CNc2ccc(O)cc2)C(=O)C1=O.[Y]. The van der Waals surface area contributed by atoms with Crippen LogP contribution in [0, 0.1) is 0 Å². The number of hydrogen-bond donors (Lipinski definition) is 5. The summed E-state index contributed by atoms with van der Waals surface area (Å²) in [7, 11) is 0. The van der Waals surface area contributed by atoms with E-state index in [4.69, 9.17) is 15.9 Å². The van der Waals surface area contributed by atoms with E-state index in [1.165, 1.54) is 24.3 Å². The van der Waals surface area contributed by atoms with Gasteiger partial charge in [0.2, 0.25) is 0 Å². The number of nitrogen functional groups attached to an aromatic ring is 1. The first-order chi connectivity index (χ1) is 12.8. The number of ketones is 1. The first kappa shape index (κ1) is 23.1. The average Bonchev–Trinajstić information content (AvgIpc) is 2.64. The summed E-state index contributed by atoms with van der Waals surface area (Å²) in [5, 5.41) is 22.2. The second-order valence-corrected chi connectivity index (χ2v) is 5.29. The molecule has 0 bridgehead atoms. The molecule has 2 aromatic rings. The van der Waals surface area contributed by atoms with Crippen molar-refractivity contribution in [1.29, 1.82) is 0 Å². The zero-order valence-electron chi connectivity index (χ0n) is 14.5. The van der Waals surface area contributed by atoms with E-state index in [9.17, 15) is 19.2 Å². The van der Waals surface area contributed by atoms with E-state index >= 15 is 0 Å². The molecular weight excluding hydrogens is 445 g/mol. The minimum Gasteiger partial charge on any atom is -0.508 e. The molecule has 10 nitrogen and oxygen atoms in total. The maximum atomic E-state index is 11.4. The smallest absolute Gasteiger partial charge is 0.332 e. The van der Waals surface area contributed by atoms with Gasteiger partial charge in [-0.05, 0) is 48.5 Å². The van der Waals surface area contributed by atoms with Crippen molar-refractivity contribution in [3.05, 3.63) is 48.5 Å². The van der Waals surface area contributed by atoms with E-state index in [-0.39, 0.29) is 50.9 Å². The summed E-state index contributed by atoms with van der Waals surface area (Å²) in [6, 6.07) is 11.3. The maximum absolute atomic E-state index is 11.4. The van der Waals surface area contributed by atoms with Crippen molar-refractivity contribution in [1.82, 2.24) is 10.2 Å². The van der Waals surface area contributed by atoms with Gasteiger partial charge in [-0.1, -0.05) is 0 Å². The van der Waals surface area contributed by atoms with E-state index in [0.29, 0.717) is 16.3 Å². The summed E-state index contributed by atoms with van der Waals surface area (Å²) in [6.45, 7) is -0.269. The van der Waals surface area contributed by atoms with Gasteiger partial charge in [0, 0.05) is 44.1 Å². The largest absolute Gasteiger partial charge is 0.508 e. The van der Waals surface area contributed by atoms with Crippen LogP contribution in [0.3, 0.4) is 0 Å². The third kappa shape index (κ3) is 6.32. The van der Waals surface area contributed by atoms with Crippen LogP contribution in [0.25, 0.3) is 0 Å². The van der Waals surface area contributed by atoms with Gasteiger partial charge in [0.15, 0.2) is 0 Å². The number of rotatable bonds is 3. The number of amides is 4. The predicted octanol–water partition coefficient (Wildman–Crippen LogP) is 0.381. The van der Waals surface area contributed by atoms with Crippen LogP contribution in [0.5, 0.6) is 11.5 Å². The monoisotopic (exact) mass is 461 g/mol. The van der Waals surface area contributed by atoms with Gasteiger partial charge in [-0.2, -0.15) is 0 Å². The molecule has 1 radical (unpaired) electrons. The standard InChI is InChI=1S/C11H9N3O5.C6H7NO.Y/c15-7-3-1-6(2-4-7)12-5-14-10(18)8(16)9(17)13-11(14)19;7-5-1-3-6(8)4-2-5;/h1-4,12,15H,5H2,(H,13,17,19);1-4,8H,7H2;. The summed E-state index contributed by atoms with van der Waals surface area (Å²) in [4.78, 5) is 45.4. The number of phenols is 2. The number of carbonyl (C=O) groups excluding carboxylic acids is 4. The number of barbiturate groups is 1. The normalized spacial score (nSPS) is 13.1. The molecule has 0 saturated carbocycles. The van der Waals surface area contributed by atoms with Crippen molar-refractivity contribution in [2.75, 3.05) is 17.7 Å². The van der Waals surface area contributed by atoms with Gasteiger partial charge in [-0.3, -0.25) is 19.7 Å². The van der Waals surface area contributed by atoms with E-state index < -0.39 is 23.6 Å². The number of nitrogens with two attached hydrogens (primary N) is 1. The molecule has 28 heavy (non-hydrogen) atoms. The van der Waals surface area contributed by atoms with Gasteiger partial charge >= 0.3 is 23.6 Å². The topological polar surface area (TPSA) is 162 Å².